The van der Waals surface area contributed by atoms with Crippen molar-refractivity contribution in [3.8, 4) is 17.3 Å². The van der Waals surface area contributed by atoms with Gasteiger partial charge in [0.1, 0.15) is 5.69 Å². The van der Waals surface area contributed by atoms with Crippen LogP contribution in [0.2, 0.25) is 10.0 Å². The van der Waals surface area contributed by atoms with E-state index in [0.29, 0.717) is 21.7 Å². The van der Waals surface area contributed by atoms with E-state index >= 15 is 0 Å². The zero-order valence-corrected chi connectivity index (χ0v) is 16.1. The van der Waals surface area contributed by atoms with Gasteiger partial charge in [0.15, 0.2) is 5.82 Å². The van der Waals surface area contributed by atoms with Crippen LogP contribution in [0.3, 0.4) is 0 Å². The van der Waals surface area contributed by atoms with E-state index < -0.39 is 0 Å². The number of halogens is 2. The van der Waals surface area contributed by atoms with Crippen molar-refractivity contribution in [1.82, 2.24) is 9.97 Å². The summed E-state index contributed by atoms with van der Waals surface area (Å²) >= 11 is 12.3. The number of rotatable bonds is 7. The first-order chi connectivity index (χ1) is 11.5. The second-order valence-electron chi connectivity index (χ2n) is 5.60. The molecule has 0 amide bonds. The minimum absolute atomic E-state index is 0.524. The average Bonchev–Trinajstić information content (AvgIpc) is 2.54. The van der Waals surface area contributed by atoms with Crippen molar-refractivity contribution in [2.24, 2.45) is 0 Å². The van der Waals surface area contributed by atoms with Crippen molar-refractivity contribution in [3.63, 3.8) is 0 Å². The Balaban J connectivity index is 2.53. The molecule has 130 valence electrons. The van der Waals surface area contributed by atoms with Crippen LogP contribution in [0, 0.1) is 6.92 Å². The van der Waals surface area contributed by atoms with E-state index in [2.05, 4.69) is 28.7 Å². The summed E-state index contributed by atoms with van der Waals surface area (Å²) in [6, 6.07) is 5.30. The molecule has 0 aliphatic heterocycles. The van der Waals surface area contributed by atoms with Crippen LogP contribution in [0.5, 0.6) is 5.88 Å². The summed E-state index contributed by atoms with van der Waals surface area (Å²) in [5, 5.41) is 1.11. The summed E-state index contributed by atoms with van der Waals surface area (Å²) in [7, 11) is 1.63. The normalized spacial score (nSPS) is 10.8. The summed E-state index contributed by atoms with van der Waals surface area (Å²) in [5.74, 6) is 1.12. The first-order valence-corrected chi connectivity index (χ1v) is 8.90. The third-order valence-corrected chi connectivity index (χ3v) is 4.24. The Morgan fingerprint density at radius 3 is 2.29 bits per heavy atom. The number of aromatic nitrogens is 2. The van der Waals surface area contributed by atoms with Crippen molar-refractivity contribution in [3.05, 3.63) is 33.9 Å². The van der Waals surface area contributed by atoms with Gasteiger partial charge in [0.25, 0.3) is 0 Å². The van der Waals surface area contributed by atoms with Crippen molar-refractivity contribution in [1.29, 1.82) is 0 Å². The SMILES string of the molecule is CCCN(CCC)c1c(C)nc(-c2ccc(Cl)cc2Cl)nc1OC. The monoisotopic (exact) mass is 367 g/mol. The molecule has 0 radical (unpaired) electrons. The molecule has 0 N–H and O–H groups in total. The predicted octanol–water partition coefficient (Wildman–Crippen LogP) is 5.39. The molecule has 6 heteroatoms. The van der Waals surface area contributed by atoms with Crippen molar-refractivity contribution in [2.75, 3.05) is 25.1 Å². The largest absolute Gasteiger partial charge is 0.479 e. The average molecular weight is 368 g/mol. The molecule has 1 aromatic carbocycles. The van der Waals surface area contributed by atoms with E-state index in [0.717, 1.165) is 42.9 Å². The van der Waals surface area contributed by atoms with Crippen molar-refractivity contribution >= 4 is 28.9 Å². The highest BCUT2D eigenvalue weighted by Crippen LogP contribution is 2.34. The fourth-order valence-corrected chi connectivity index (χ4v) is 3.21. The van der Waals surface area contributed by atoms with Gasteiger partial charge >= 0.3 is 0 Å². The minimum atomic E-state index is 0.524. The number of hydrogen-bond acceptors (Lipinski definition) is 4. The molecule has 0 fully saturated rings. The summed E-state index contributed by atoms with van der Waals surface area (Å²) in [5.41, 5.74) is 2.58. The Morgan fingerprint density at radius 1 is 1.08 bits per heavy atom. The lowest BCUT2D eigenvalue weighted by atomic mass is 10.2. The number of methoxy groups -OCH3 is 1. The van der Waals surface area contributed by atoms with Crippen LogP contribution in [-0.2, 0) is 0 Å². The summed E-state index contributed by atoms with van der Waals surface area (Å²) in [6.45, 7) is 8.18. The van der Waals surface area contributed by atoms with Crippen LogP contribution in [0.25, 0.3) is 11.4 Å². The summed E-state index contributed by atoms with van der Waals surface area (Å²) in [6.07, 6.45) is 2.10. The van der Waals surface area contributed by atoms with Crippen LogP contribution in [0.15, 0.2) is 18.2 Å². The fraction of sp³-hybridized carbons (Fsp3) is 0.444. The van der Waals surface area contributed by atoms with Crippen molar-refractivity contribution < 1.29 is 4.74 Å². The van der Waals surface area contributed by atoms with Gasteiger partial charge < -0.3 is 9.64 Å². The van der Waals surface area contributed by atoms with Crippen molar-refractivity contribution in [2.45, 2.75) is 33.6 Å². The van der Waals surface area contributed by atoms with Crippen LogP contribution in [-0.4, -0.2) is 30.2 Å². The Hall–Kier alpha value is -1.52. The van der Waals surface area contributed by atoms with E-state index in [1.54, 1.807) is 19.2 Å². The predicted molar refractivity (Wildman–Crippen MR) is 102 cm³/mol. The van der Waals surface area contributed by atoms with Crippen LogP contribution >= 0.6 is 23.2 Å². The van der Waals surface area contributed by atoms with Gasteiger partial charge in [-0.05, 0) is 38.0 Å². The molecule has 2 rings (SSSR count). The third-order valence-electron chi connectivity index (χ3n) is 3.69. The topological polar surface area (TPSA) is 38.2 Å². The Kier molecular flexibility index (Phi) is 6.69. The number of benzene rings is 1. The molecule has 2 aromatic rings. The molecule has 0 saturated heterocycles. The van der Waals surface area contributed by atoms with Gasteiger partial charge in [0.2, 0.25) is 5.88 Å². The molecule has 0 saturated carbocycles. The maximum Gasteiger partial charge on any atom is 0.241 e. The number of nitrogens with zero attached hydrogens (tertiary/aromatic N) is 3. The first kappa shape index (κ1) is 18.8. The second kappa shape index (κ2) is 8.54. The van der Waals surface area contributed by atoms with Gasteiger partial charge in [-0.15, -0.1) is 0 Å². The molecule has 24 heavy (non-hydrogen) atoms. The molecule has 1 heterocycles. The lowest BCUT2D eigenvalue weighted by molar-refractivity contribution is 0.396. The fourth-order valence-electron chi connectivity index (χ4n) is 2.71. The maximum atomic E-state index is 6.30. The highest BCUT2D eigenvalue weighted by atomic mass is 35.5. The van der Waals surface area contributed by atoms with Gasteiger partial charge in [0, 0.05) is 23.7 Å². The van der Waals surface area contributed by atoms with Crippen LogP contribution in [0.1, 0.15) is 32.4 Å². The Morgan fingerprint density at radius 2 is 1.75 bits per heavy atom. The molecule has 0 bridgehead atoms. The molecule has 0 aliphatic rings. The number of aryl methyl sites for hydroxylation is 1. The maximum absolute atomic E-state index is 6.30. The number of hydrogen-bond donors (Lipinski definition) is 0. The highest BCUT2D eigenvalue weighted by Gasteiger charge is 2.19. The molecule has 4 nitrogen and oxygen atoms in total. The van der Waals surface area contributed by atoms with E-state index in [1.165, 1.54) is 0 Å². The van der Waals surface area contributed by atoms with Gasteiger partial charge in [0.05, 0.1) is 17.8 Å². The lowest BCUT2D eigenvalue weighted by Gasteiger charge is -2.26. The first-order valence-electron chi connectivity index (χ1n) is 8.14. The molecule has 0 atom stereocenters. The van der Waals surface area contributed by atoms with Gasteiger partial charge in [-0.25, -0.2) is 4.98 Å². The summed E-state index contributed by atoms with van der Waals surface area (Å²) < 4.78 is 5.56. The quantitative estimate of drug-likeness (QED) is 0.656. The zero-order valence-electron chi connectivity index (χ0n) is 14.6. The van der Waals surface area contributed by atoms with E-state index in [-0.39, 0.29) is 0 Å². The molecule has 0 unspecified atom stereocenters. The lowest BCUT2D eigenvalue weighted by Crippen LogP contribution is -2.27. The minimum Gasteiger partial charge on any atom is -0.479 e. The number of anilines is 1. The van der Waals surface area contributed by atoms with E-state index in [4.69, 9.17) is 27.9 Å². The summed E-state index contributed by atoms with van der Waals surface area (Å²) in [4.78, 5) is 11.5. The van der Waals surface area contributed by atoms with Gasteiger partial charge in [-0.1, -0.05) is 37.0 Å². The molecule has 1 aromatic heterocycles. The molecular weight excluding hydrogens is 345 g/mol. The van der Waals surface area contributed by atoms with E-state index in [9.17, 15) is 0 Å². The van der Waals surface area contributed by atoms with E-state index in [1.807, 2.05) is 13.0 Å². The second-order valence-corrected chi connectivity index (χ2v) is 6.45. The van der Waals surface area contributed by atoms with Gasteiger partial charge in [-0.3, -0.25) is 0 Å². The smallest absolute Gasteiger partial charge is 0.241 e. The molecular formula is C18H23Cl2N3O. The van der Waals surface area contributed by atoms with Crippen LogP contribution < -0.4 is 9.64 Å². The van der Waals surface area contributed by atoms with Gasteiger partial charge in [-0.2, -0.15) is 4.98 Å². The highest BCUT2D eigenvalue weighted by molar-refractivity contribution is 6.36. The Bertz CT molecular complexity index is 701. The van der Waals surface area contributed by atoms with Crippen LogP contribution in [0.4, 0.5) is 5.69 Å². The number of ether oxygens (including phenoxy) is 1. The third kappa shape index (κ3) is 4.11. The standard InChI is InChI=1S/C18H23Cl2N3O/c1-5-9-23(10-6-2)16-12(3)21-17(22-18(16)24-4)14-8-7-13(19)11-15(14)20/h7-8,11H,5-6,9-10H2,1-4H3. The zero-order chi connectivity index (χ0) is 17.7. The Labute approximate surface area is 153 Å². The molecule has 0 spiro atoms. The molecule has 0 aliphatic carbocycles.